The van der Waals surface area contributed by atoms with E-state index in [1.54, 1.807) is 0 Å². The van der Waals surface area contributed by atoms with Gasteiger partial charge in [0.25, 0.3) is 0 Å². The fraction of sp³-hybridized carbons (Fsp3) is 0.333. The summed E-state index contributed by atoms with van der Waals surface area (Å²) in [5, 5.41) is 1.43. The zero-order valence-electron chi connectivity index (χ0n) is 9.55. The summed E-state index contributed by atoms with van der Waals surface area (Å²) in [6, 6.07) is 8.39. The van der Waals surface area contributed by atoms with Crippen LogP contribution < -0.4 is 5.30 Å². The molecule has 0 aliphatic rings. The smallest absolute Gasteiger partial charge is 1.00 e. The normalized spacial score (nSPS) is 9.67. The van der Waals surface area contributed by atoms with Crippen LogP contribution in [0.1, 0.15) is 8.42 Å². The van der Waals surface area contributed by atoms with Gasteiger partial charge in [-0.25, -0.2) is 0 Å². The topological polar surface area (TPSA) is 0 Å². The molecule has 1 aromatic carbocycles. The molecular weight excluding hydrogens is 199 g/mol. The Morgan fingerprint density at radius 1 is 1.33 bits per heavy atom. The maximum absolute atomic E-state index is 5.79. The summed E-state index contributed by atoms with van der Waals surface area (Å²) in [6.45, 7) is 4.50. The van der Waals surface area contributed by atoms with Crippen molar-refractivity contribution < 1.29 is 2.85 Å². The van der Waals surface area contributed by atoms with Crippen LogP contribution in [0, 0.1) is 0 Å². The molecule has 0 aliphatic heterocycles. The summed E-state index contributed by atoms with van der Waals surface area (Å²) in [7, 11) is -0.00664. The summed E-state index contributed by atoms with van der Waals surface area (Å²) < 4.78 is 0. The van der Waals surface area contributed by atoms with Crippen molar-refractivity contribution in [3.05, 3.63) is 29.8 Å². The number of benzene rings is 1. The molecule has 64 valence electrons. The summed E-state index contributed by atoms with van der Waals surface area (Å²) in [5.74, 6) is 0.636. The largest absolute Gasteiger partial charge is 2.00 e. The van der Waals surface area contributed by atoms with Crippen molar-refractivity contribution >= 4 is 47.9 Å². The van der Waals surface area contributed by atoms with Gasteiger partial charge in [0.05, 0.1) is 0 Å². The van der Waals surface area contributed by atoms with E-state index in [4.69, 9.17) is 11.6 Å². The van der Waals surface area contributed by atoms with E-state index in [1.807, 2.05) is 6.07 Å². The quantitative estimate of drug-likeness (QED) is 0.402. The second-order valence-corrected chi connectivity index (χ2v) is 5.19. The first-order chi connectivity index (χ1) is 5.25. The molecule has 0 spiro atoms. The molecule has 0 amide bonds. The van der Waals surface area contributed by atoms with Crippen molar-refractivity contribution in [2.45, 2.75) is 5.88 Å². The Balaban J connectivity index is -0.000000403. The van der Waals surface area contributed by atoms with Gasteiger partial charge in [0.15, 0.2) is 0 Å². The van der Waals surface area contributed by atoms with E-state index >= 15 is 0 Å². The van der Waals surface area contributed by atoms with Crippen molar-refractivity contribution in [3.63, 3.8) is 0 Å². The van der Waals surface area contributed by atoms with E-state index < -0.39 is 0 Å². The molecule has 0 heterocycles. The Morgan fingerprint density at radius 3 is 2.33 bits per heavy atom. The van der Waals surface area contributed by atoms with Gasteiger partial charge >= 0.3 is 23.1 Å². The molecule has 0 unspecified atom stereocenters. The van der Waals surface area contributed by atoms with Crippen LogP contribution in [0.2, 0.25) is 0 Å². The standard InChI is InChI=1S/C9H12ClP.Mg.2H/c1-11(2)9-6-4-3-5-8(9)7-10;;;/h3-6H,7H2,1-2H3;;;/q;+2;2*-1. The maximum atomic E-state index is 5.79. The summed E-state index contributed by atoms with van der Waals surface area (Å²) in [4.78, 5) is 0. The van der Waals surface area contributed by atoms with Gasteiger partial charge in [-0.3, -0.25) is 0 Å². The number of alkyl halides is 1. The van der Waals surface area contributed by atoms with Gasteiger partial charge in [0, 0.05) is 5.88 Å². The monoisotopic (exact) mass is 212 g/mol. The molecule has 0 N–H and O–H groups in total. The van der Waals surface area contributed by atoms with Gasteiger partial charge in [-0.1, -0.05) is 32.2 Å². The molecule has 0 nitrogen and oxygen atoms in total. The Morgan fingerprint density at radius 2 is 1.92 bits per heavy atom. The Labute approximate surface area is 99.6 Å². The zero-order valence-corrected chi connectivity index (χ0v) is 10.6. The van der Waals surface area contributed by atoms with E-state index in [0.29, 0.717) is 5.88 Å². The minimum absolute atomic E-state index is 0. The van der Waals surface area contributed by atoms with Gasteiger partial charge < -0.3 is 2.85 Å². The molecule has 12 heavy (non-hydrogen) atoms. The first-order valence-electron chi connectivity index (χ1n) is 3.57. The molecule has 3 heteroatoms. The van der Waals surface area contributed by atoms with Crippen LogP contribution in [0.25, 0.3) is 0 Å². The molecule has 0 bridgehead atoms. The summed E-state index contributed by atoms with van der Waals surface area (Å²) >= 11 is 5.79. The van der Waals surface area contributed by atoms with Crippen molar-refractivity contribution in [2.75, 3.05) is 13.3 Å². The van der Waals surface area contributed by atoms with E-state index in [9.17, 15) is 0 Å². The van der Waals surface area contributed by atoms with E-state index in [2.05, 4.69) is 31.5 Å². The van der Waals surface area contributed by atoms with E-state index in [1.165, 1.54) is 10.9 Å². The molecule has 1 rings (SSSR count). The van der Waals surface area contributed by atoms with Crippen molar-refractivity contribution in [1.82, 2.24) is 0 Å². The van der Waals surface area contributed by atoms with Crippen molar-refractivity contribution in [3.8, 4) is 0 Å². The third-order valence-corrected chi connectivity index (χ3v) is 3.31. The average Bonchev–Trinajstić information content (AvgIpc) is 2.04. The van der Waals surface area contributed by atoms with Crippen LogP contribution in [-0.4, -0.2) is 36.4 Å². The molecule has 1 aromatic rings. The first kappa shape index (κ1) is 12.7. The molecule has 0 radical (unpaired) electrons. The van der Waals surface area contributed by atoms with Gasteiger partial charge in [-0.15, -0.1) is 11.6 Å². The van der Waals surface area contributed by atoms with Crippen LogP contribution in [-0.2, 0) is 5.88 Å². The van der Waals surface area contributed by atoms with Gasteiger partial charge in [0.1, 0.15) is 0 Å². The fourth-order valence-corrected chi connectivity index (χ4v) is 2.50. The second kappa shape index (κ2) is 6.20. The van der Waals surface area contributed by atoms with Gasteiger partial charge in [0.2, 0.25) is 0 Å². The van der Waals surface area contributed by atoms with Crippen molar-refractivity contribution in [2.24, 2.45) is 0 Å². The minimum atomic E-state index is -0.00664. The third-order valence-electron chi connectivity index (χ3n) is 1.62. The Hall–Kier alpha value is 0.706. The minimum Gasteiger partial charge on any atom is -1.00 e. The van der Waals surface area contributed by atoms with Crippen LogP contribution in [0.3, 0.4) is 0 Å². The van der Waals surface area contributed by atoms with Crippen LogP contribution in [0.15, 0.2) is 24.3 Å². The predicted octanol–water partition coefficient (Wildman–Crippen LogP) is 2.64. The van der Waals surface area contributed by atoms with Crippen LogP contribution in [0.4, 0.5) is 0 Å². The predicted molar refractivity (Wildman–Crippen MR) is 62.4 cm³/mol. The fourth-order valence-electron chi connectivity index (χ4n) is 1.06. The molecule has 0 aliphatic carbocycles. The van der Waals surface area contributed by atoms with Gasteiger partial charge in [-0.05, 0) is 24.2 Å². The van der Waals surface area contributed by atoms with E-state index in [0.717, 1.165) is 0 Å². The maximum Gasteiger partial charge on any atom is 2.00 e. The number of rotatable bonds is 2. The number of halogens is 1. The second-order valence-electron chi connectivity index (χ2n) is 2.66. The Bertz CT molecular complexity index is 246. The molecular formula is C9H14ClMgP. The molecule has 0 atom stereocenters. The van der Waals surface area contributed by atoms with Crippen LogP contribution >= 0.6 is 19.5 Å². The average molecular weight is 213 g/mol. The van der Waals surface area contributed by atoms with Crippen molar-refractivity contribution in [1.29, 1.82) is 0 Å². The van der Waals surface area contributed by atoms with E-state index in [-0.39, 0.29) is 33.8 Å². The Kier molecular flexibility index (Phi) is 6.57. The zero-order chi connectivity index (χ0) is 8.27. The van der Waals surface area contributed by atoms with Gasteiger partial charge in [-0.2, -0.15) is 0 Å². The van der Waals surface area contributed by atoms with Crippen LogP contribution in [0.5, 0.6) is 0 Å². The number of hydrogen-bond donors (Lipinski definition) is 0. The molecule has 0 aromatic heterocycles. The summed E-state index contributed by atoms with van der Waals surface area (Å²) in [6.07, 6.45) is 0. The molecule has 0 fully saturated rings. The molecule has 0 saturated heterocycles. The number of hydrogen-bond acceptors (Lipinski definition) is 0. The summed E-state index contributed by atoms with van der Waals surface area (Å²) in [5.41, 5.74) is 1.28. The first-order valence-corrected chi connectivity index (χ1v) is 6.34. The molecule has 0 saturated carbocycles. The third kappa shape index (κ3) is 3.22. The SMILES string of the molecule is CP(C)c1ccccc1CCl.[H-].[H-].[Mg+2].